The molecular formula is C12H15N3O4. The van der Waals surface area contributed by atoms with Crippen molar-refractivity contribution in [2.24, 2.45) is 5.73 Å². The van der Waals surface area contributed by atoms with E-state index < -0.39 is 4.92 Å². The van der Waals surface area contributed by atoms with Crippen molar-refractivity contribution in [1.29, 1.82) is 0 Å². The predicted molar refractivity (Wildman–Crippen MR) is 67.8 cm³/mol. The second-order valence-corrected chi connectivity index (χ2v) is 4.43. The van der Waals surface area contributed by atoms with Crippen LogP contribution in [0.1, 0.15) is 6.42 Å². The van der Waals surface area contributed by atoms with E-state index in [0.717, 1.165) is 6.42 Å². The van der Waals surface area contributed by atoms with Gasteiger partial charge in [0.2, 0.25) is 0 Å². The first-order chi connectivity index (χ1) is 9.06. The molecule has 2 N–H and O–H groups in total. The van der Waals surface area contributed by atoms with Crippen molar-refractivity contribution >= 4 is 11.6 Å². The molecule has 0 saturated carbocycles. The van der Waals surface area contributed by atoms with Crippen molar-refractivity contribution in [2.75, 3.05) is 19.7 Å². The lowest BCUT2D eigenvalue weighted by Crippen LogP contribution is -2.35. The van der Waals surface area contributed by atoms with Gasteiger partial charge in [-0.2, -0.15) is 0 Å². The molecule has 0 aromatic heterocycles. The topological polar surface area (TPSA) is 98.7 Å². The van der Waals surface area contributed by atoms with Crippen LogP contribution < -0.4 is 10.5 Å². The Kier molecular flexibility index (Phi) is 3.96. The SMILES string of the molecule is N[C@@H]1CCN(C(=O)COc2ccc([N+](=O)[O-])cc2)C1. The molecular weight excluding hydrogens is 250 g/mol. The van der Waals surface area contributed by atoms with Crippen LogP contribution in [0.5, 0.6) is 5.75 Å². The van der Waals surface area contributed by atoms with Crippen molar-refractivity contribution in [3.05, 3.63) is 34.4 Å². The minimum absolute atomic E-state index is 0.0100. The van der Waals surface area contributed by atoms with Gasteiger partial charge in [-0.05, 0) is 18.6 Å². The monoisotopic (exact) mass is 265 g/mol. The third-order valence-electron chi connectivity index (χ3n) is 2.99. The lowest BCUT2D eigenvalue weighted by molar-refractivity contribution is -0.384. The van der Waals surface area contributed by atoms with E-state index in [9.17, 15) is 14.9 Å². The first-order valence-corrected chi connectivity index (χ1v) is 5.97. The summed E-state index contributed by atoms with van der Waals surface area (Å²) in [5, 5.41) is 10.5. The minimum atomic E-state index is -0.486. The normalized spacial score (nSPS) is 18.4. The Morgan fingerprint density at radius 2 is 2.16 bits per heavy atom. The molecule has 0 radical (unpaired) electrons. The number of carbonyl (C=O) groups is 1. The van der Waals surface area contributed by atoms with Gasteiger partial charge < -0.3 is 15.4 Å². The largest absolute Gasteiger partial charge is 0.484 e. The zero-order valence-electron chi connectivity index (χ0n) is 10.3. The average molecular weight is 265 g/mol. The van der Waals surface area contributed by atoms with Crippen molar-refractivity contribution in [1.82, 2.24) is 4.90 Å². The van der Waals surface area contributed by atoms with E-state index in [1.165, 1.54) is 24.3 Å². The van der Waals surface area contributed by atoms with E-state index in [-0.39, 0.29) is 24.2 Å². The van der Waals surface area contributed by atoms with Crippen LogP contribution >= 0.6 is 0 Å². The quantitative estimate of drug-likeness (QED) is 0.632. The van der Waals surface area contributed by atoms with Gasteiger partial charge in [0.1, 0.15) is 5.75 Å². The zero-order chi connectivity index (χ0) is 13.8. The van der Waals surface area contributed by atoms with Crippen LogP contribution in [-0.4, -0.2) is 41.5 Å². The van der Waals surface area contributed by atoms with E-state index in [0.29, 0.717) is 18.8 Å². The van der Waals surface area contributed by atoms with Gasteiger partial charge in [0.15, 0.2) is 6.61 Å². The molecule has 1 saturated heterocycles. The average Bonchev–Trinajstić information content (AvgIpc) is 2.83. The van der Waals surface area contributed by atoms with Gasteiger partial charge in [0.25, 0.3) is 11.6 Å². The van der Waals surface area contributed by atoms with E-state index >= 15 is 0 Å². The lowest BCUT2D eigenvalue weighted by atomic mass is 10.3. The molecule has 1 aromatic carbocycles. The second-order valence-electron chi connectivity index (χ2n) is 4.43. The van der Waals surface area contributed by atoms with Gasteiger partial charge in [0, 0.05) is 31.3 Å². The summed E-state index contributed by atoms with van der Waals surface area (Å²) in [6, 6.07) is 5.67. The molecule has 1 aliphatic rings. The van der Waals surface area contributed by atoms with Crippen molar-refractivity contribution in [3.8, 4) is 5.75 Å². The van der Waals surface area contributed by atoms with Crippen molar-refractivity contribution in [2.45, 2.75) is 12.5 Å². The van der Waals surface area contributed by atoms with E-state index in [1.807, 2.05) is 0 Å². The molecule has 1 amide bonds. The van der Waals surface area contributed by atoms with Crippen LogP contribution in [0.15, 0.2) is 24.3 Å². The molecule has 0 aliphatic carbocycles. The molecule has 0 unspecified atom stereocenters. The van der Waals surface area contributed by atoms with Crippen LogP contribution in [-0.2, 0) is 4.79 Å². The van der Waals surface area contributed by atoms with Crippen LogP contribution in [0.25, 0.3) is 0 Å². The fraction of sp³-hybridized carbons (Fsp3) is 0.417. The number of carbonyl (C=O) groups excluding carboxylic acids is 1. The molecule has 102 valence electrons. The number of amides is 1. The predicted octanol–water partition coefficient (Wildman–Crippen LogP) is 0.533. The molecule has 0 spiro atoms. The summed E-state index contributed by atoms with van der Waals surface area (Å²) in [4.78, 5) is 23.4. The van der Waals surface area contributed by atoms with Crippen LogP contribution in [0, 0.1) is 10.1 Å². The summed E-state index contributed by atoms with van der Waals surface area (Å²) in [7, 11) is 0. The first-order valence-electron chi connectivity index (χ1n) is 5.97. The number of nitro groups is 1. The maximum absolute atomic E-state index is 11.8. The number of hydrogen-bond acceptors (Lipinski definition) is 5. The molecule has 1 aromatic rings. The standard InChI is InChI=1S/C12H15N3O4/c13-9-5-6-14(7-9)12(16)8-19-11-3-1-10(2-4-11)15(17)18/h1-4,9H,5-8,13H2/t9-/m1/s1. The Labute approximate surface area is 110 Å². The fourth-order valence-corrected chi connectivity index (χ4v) is 1.91. The Balaban J connectivity index is 1.85. The maximum Gasteiger partial charge on any atom is 0.269 e. The number of nitrogens with zero attached hydrogens (tertiary/aromatic N) is 2. The summed E-state index contributed by atoms with van der Waals surface area (Å²) >= 11 is 0. The first kappa shape index (κ1) is 13.3. The third kappa shape index (κ3) is 3.41. The summed E-state index contributed by atoms with van der Waals surface area (Å²) in [5.74, 6) is 0.314. The highest BCUT2D eigenvalue weighted by Gasteiger charge is 2.23. The smallest absolute Gasteiger partial charge is 0.269 e. The molecule has 1 atom stereocenters. The van der Waals surface area contributed by atoms with E-state index in [4.69, 9.17) is 10.5 Å². The van der Waals surface area contributed by atoms with Gasteiger partial charge in [-0.3, -0.25) is 14.9 Å². The zero-order valence-corrected chi connectivity index (χ0v) is 10.3. The number of nitro benzene ring substituents is 1. The third-order valence-corrected chi connectivity index (χ3v) is 2.99. The molecule has 19 heavy (non-hydrogen) atoms. The molecule has 7 heteroatoms. The highest BCUT2D eigenvalue weighted by molar-refractivity contribution is 5.78. The number of likely N-dealkylation sites (tertiary alicyclic amines) is 1. The van der Waals surface area contributed by atoms with Gasteiger partial charge >= 0.3 is 0 Å². The van der Waals surface area contributed by atoms with Crippen LogP contribution in [0.4, 0.5) is 5.69 Å². The van der Waals surface area contributed by atoms with E-state index in [2.05, 4.69) is 0 Å². The molecule has 1 fully saturated rings. The molecule has 2 rings (SSSR count). The number of hydrogen-bond donors (Lipinski definition) is 1. The number of rotatable bonds is 4. The number of ether oxygens (including phenoxy) is 1. The van der Waals surface area contributed by atoms with Gasteiger partial charge in [-0.25, -0.2) is 0 Å². The lowest BCUT2D eigenvalue weighted by Gasteiger charge is -2.15. The minimum Gasteiger partial charge on any atom is -0.484 e. The highest BCUT2D eigenvalue weighted by Crippen LogP contribution is 2.17. The Hall–Kier alpha value is -2.15. The Morgan fingerprint density at radius 1 is 1.47 bits per heavy atom. The molecule has 1 heterocycles. The fourth-order valence-electron chi connectivity index (χ4n) is 1.91. The van der Waals surface area contributed by atoms with Crippen LogP contribution in [0.3, 0.4) is 0 Å². The summed E-state index contributed by atoms with van der Waals surface area (Å²) in [5.41, 5.74) is 5.71. The van der Waals surface area contributed by atoms with Gasteiger partial charge in [0.05, 0.1) is 4.92 Å². The summed E-state index contributed by atoms with van der Waals surface area (Å²) < 4.78 is 5.30. The van der Waals surface area contributed by atoms with Crippen molar-refractivity contribution < 1.29 is 14.5 Å². The van der Waals surface area contributed by atoms with Crippen molar-refractivity contribution in [3.63, 3.8) is 0 Å². The number of non-ortho nitro benzene ring substituents is 1. The Morgan fingerprint density at radius 3 is 2.68 bits per heavy atom. The highest BCUT2D eigenvalue weighted by atomic mass is 16.6. The molecule has 7 nitrogen and oxygen atoms in total. The molecule has 0 bridgehead atoms. The van der Waals surface area contributed by atoms with Gasteiger partial charge in [-0.15, -0.1) is 0 Å². The maximum atomic E-state index is 11.8. The second kappa shape index (κ2) is 5.66. The van der Waals surface area contributed by atoms with E-state index in [1.54, 1.807) is 4.90 Å². The summed E-state index contributed by atoms with van der Waals surface area (Å²) in [6.07, 6.45) is 0.809. The number of nitrogens with two attached hydrogens (primary N) is 1. The van der Waals surface area contributed by atoms with Gasteiger partial charge in [-0.1, -0.05) is 0 Å². The summed E-state index contributed by atoms with van der Waals surface area (Å²) in [6.45, 7) is 1.14. The Bertz CT molecular complexity index is 474. The van der Waals surface area contributed by atoms with Crippen LogP contribution in [0.2, 0.25) is 0 Å². The molecule has 1 aliphatic heterocycles. The number of benzene rings is 1.